The average molecular weight is 445 g/mol. The lowest BCUT2D eigenvalue weighted by Gasteiger charge is -2.31. The van der Waals surface area contributed by atoms with Gasteiger partial charge in [0.1, 0.15) is 0 Å². The van der Waals surface area contributed by atoms with Crippen LogP contribution in [0, 0.1) is 0 Å². The normalized spacial score (nSPS) is 15.6. The van der Waals surface area contributed by atoms with Crippen molar-refractivity contribution in [3.8, 4) is 11.5 Å². The van der Waals surface area contributed by atoms with Crippen molar-refractivity contribution in [2.45, 2.75) is 19.3 Å². The van der Waals surface area contributed by atoms with Gasteiger partial charge in [0.25, 0.3) is 0 Å². The van der Waals surface area contributed by atoms with Crippen LogP contribution in [-0.4, -0.2) is 87.8 Å². The maximum atomic E-state index is 10.7. The number of ether oxygens (including phenoxy) is 4. The third-order valence-corrected chi connectivity index (χ3v) is 5.58. The van der Waals surface area contributed by atoms with Gasteiger partial charge >= 0.3 is 0 Å². The molecule has 7 nitrogen and oxygen atoms in total. The first kappa shape index (κ1) is 24.5. The first-order chi connectivity index (χ1) is 15.7. The number of hydrogen-bond donors (Lipinski definition) is 1. The molecule has 1 atom stereocenters. The van der Waals surface area contributed by atoms with Gasteiger partial charge in [0.05, 0.1) is 46.8 Å². The summed E-state index contributed by atoms with van der Waals surface area (Å²) in [6.45, 7) is 7.31. The fraction of sp³-hybridized carbons (Fsp3) is 0.520. The fourth-order valence-corrected chi connectivity index (χ4v) is 3.82. The molecule has 7 heteroatoms. The standard InChI is InChI=1S/C25H36N2O5/c1-29-24-9-8-22(16-25(24)30-2)17-27(11-10-26-12-14-31-15-13-26)18-23(28)20-32-19-21-6-4-3-5-7-21/h3-9,16,23,28H,10-15,17-20H2,1-2H3/t23-/m1/s1. The molecule has 1 fully saturated rings. The first-order valence-corrected chi connectivity index (χ1v) is 11.2. The minimum Gasteiger partial charge on any atom is -0.493 e. The fourth-order valence-electron chi connectivity index (χ4n) is 3.82. The van der Waals surface area contributed by atoms with Gasteiger partial charge < -0.3 is 24.1 Å². The smallest absolute Gasteiger partial charge is 0.161 e. The monoisotopic (exact) mass is 444 g/mol. The quantitative estimate of drug-likeness (QED) is 0.509. The predicted octanol–water partition coefficient (Wildman–Crippen LogP) is 2.42. The van der Waals surface area contributed by atoms with E-state index in [-0.39, 0.29) is 0 Å². The van der Waals surface area contributed by atoms with Crippen LogP contribution in [0.3, 0.4) is 0 Å². The summed E-state index contributed by atoms with van der Waals surface area (Å²) in [7, 11) is 3.28. The Morgan fingerprint density at radius 2 is 1.75 bits per heavy atom. The number of morpholine rings is 1. The summed E-state index contributed by atoms with van der Waals surface area (Å²) < 4.78 is 22.0. The molecule has 176 valence electrons. The van der Waals surface area contributed by atoms with E-state index in [0.29, 0.717) is 37.8 Å². The number of rotatable bonds is 13. The Balaban J connectivity index is 1.56. The van der Waals surface area contributed by atoms with Crippen LogP contribution in [0.25, 0.3) is 0 Å². The van der Waals surface area contributed by atoms with Crippen molar-refractivity contribution in [2.24, 2.45) is 0 Å². The first-order valence-electron chi connectivity index (χ1n) is 11.2. The van der Waals surface area contributed by atoms with Crippen LogP contribution >= 0.6 is 0 Å². The van der Waals surface area contributed by atoms with E-state index in [0.717, 1.165) is 50.5 Å². The Morgan fingerprint density at radius 1 is 1.00 bits per heavy atom. The molecule has 32 heavy (non-hydrogen) atoms. The zero-order valence-electron chi connectivity index (χ0n) is 19.2. The highest BCUT2D eigenvalue weighted by Crippen LogP contribution is 2.28. The third-order valence-electron chi connectivity index (χ3n) is 5.58. The molecule has 0 aromatic heterocycles. The van der Waals surface area contributed by atoms with Crippen LogP contribution in [0.15, 0.2) is 48.5 Å². The second kappa shape index (κ2) is 13.4. The maximum absolute atomic E-state index is 10.7. The molecule has 1 heterocycles. The van der Waals surface area contributed by atoms with Gasteiger partial charge in [-0.2, -0.15) is 0 Å². The Hall–Kier alpha value is -2.16. The van der Waals surface area contributed by atoms with Crippen molar-refractivity contribution in [3.63, 3.8) is 0 Å². The van der Waals surface area contributed by atoms with Crippen molar-refractivity contribution in [2.75, 3.05) is 66.8 Å². The Kier molecular flexibility index (Phi) is 10.3. The van der Waals surface area contributed by atoms with E-state index in [2.05, 4.69) is 9.80 Å². The van der Waals surface area contributed by atoms with Gasteiger partial charge in [0.15, 0.2) is 11.5 Å². The van der Waals surface area contributed by atoms with Crippen molar-refractivity contribution >= 4 is 0 Å². The van der Waals surface area contributed by atoms with E-state index in [4.69, 9.17) is 18.9 Å². The zero-order valence-corrected chi connectivity index (χ0v) is 19.2. The second-order valence-corrected chi connectivity index (χ2v) is 8.03. The maximum Gasteiger partial charge on any atom is 0.161 e. The van der Waals surface area contributed by atoms with Gasteiger partial charge in [-0.25, -0.2) is 0 Å². The lowest BCUT2D eigenvalue weighted by atomic mass is 10.1. The summed E-state index contributed by atoms with van der Waals surface area (Å²) in [4.78, 5) is 4.68. The van der Waals surface area contributed by atoms with Crippen LogP contribution in [0.4, 0.5) is 0 Å². The highest BCUT2D eigenvalue weighted by Gasteiger charge is 2.17. The van der Waals surface area contributed by atoms with E-state index in [1.807, 2.05) is 48.5 Å². The predicted molar refractivity (Wildman–Crippen MR) is 124 cm³/mol. The van der Waals surface area contributed by atoms with Crippen molar-refractivity contribution in [1.29, 1.82) is 0 Å². The lowest BCUT2D eigenvalue weighted by molar-refractivity contribution is 0.00210. The molecule has 1 aliphatic rings. The van der Waals surface area contributed by atoms with E-state index < -0.39 is 6.10 Å². The van der Waals surface area contributed by atoms with Crippen LogP contribution in [0.1, 0.15) is 11.1 Å². The lowest BCUT2D eigenvalue weighted by Crippen LogP contribution is -2.43. The van der Waals surface area contributed by atoms with Gasteiger partial charge in [-0.1, -0.05) is 36.4 Å². The molecule has 1 aliphatic heterocycles. The second-order valence-electron chi connectivity index (χ2n) is 8.03. The molecular weight excluding hydrogens is 408 g/mol. The molecule has 0 saturated carbocycles. The Bertz CT molecular complexity index is 783. The number of aliphatic hydroxyl groups excluding tert-OH is 1. The largest absolute Gasteiger partial charge is 0.493 e. The highest BCUT2D eigenvalue weighted by molar-refractivity contribution is 5.42. The summed E-state index contributed by atoms with van der Waals surface area (Å²) in [5, 5.41) is 10.7. The number of aliphatic hydroxyl groups is 1. The molecule has 0 amide bonds. The van der Waals surface area contributed by atoms with Crippen LogP contribution in [-0.2, 0) is 22.6 Å². The number of hydrogen-bond acceptors (Lipinski definition) is 7. The van der Waals surface area contributed by atoms with Crippen LogP contribution < -0.4 is 9.47 Å². The van der Waals surface area contributed by atoms with E-state index in [1.54, 1.807) is 14.2 Å². The van der Waals surface area contributed by atoms with E-state index >= 15 is 0 Å². The molecule has 1 saturated heterocycles. The number of methoxy groups -OCH3 is 2. The molecule has 0 unspecified atom stereocenters. The Labute approximate surface area is 191 Å². The van der Waals surface area contributed by atoms with Gasteiger partial charge in [-0.15, -0.1) is 0 Å². The highest BCUT2D eigenvalue weighted by atomic mass is 16.5. The molecule has 0 radical (unpaired) electrons. The topological polar surface area (TPSA) is 63.6 Å². The molecule has 0 spiro atoms. The molecule has 0 bridgehead atoms. The van der Waals surface area contributed by atoms with Gasteiger partial charge in [-0.05, 0) is 23.3 Å². The SMILES string of the molecule is COc1ccc(CN(CCN2CCOCC2)C[C@@H](O)COCc2ccccc2)cc1OC. The van der Waals surface area contributed by atoms with Gasteiger partial charge in [0.2, 0.25) is 0 Å². The zero-order chi connectivity index (χ0) is 22.6. The van der Waals surface area contributed by atoms with E-state index in [9.17, 15) is 5.11 Å². The molecule has 0 aliphatic carbocycles. The van der Waals surface area contributed by atoms with Crippen LogP contribution in [0.2, 0.25) is 0 Å². The van der Waals surface area contributed by atoms with Crippen molar-refractivity contribution < 1.29 is 24.1 Å². The van der Waals surface area contributed by atoms with Crippen LogP contribution in [0.5, 0.6) is 11.5 Å². The molecule has 2 aromatic rings. The summed E-state index contributed by atoms with van der Waals surface area (Å²) >= 11 is 0. The molecule has 1 N–H and O–H groups in total. The van der Waals surface area contributed by atoms with Crippen molar-refractivity contribution in [1.82, 2.24) is 9.80 Å². The van der Waals surface area contributed by atoms with Gasteiger partial charge in [-0.3, -0.25) is 9.80 Å². The number of nitrogens with zero attached hydrogens (tertiary/aromatic N) is 2. The molecular formula is C25H36N2O5. The average Bonchev–Trinajstić information content (AvgIpc) is 2.83. The number of benzene rings is 2. The van der Waals surface area contributed by atoms with E-state index in [1.165, 1.54) is 0 Å². The van der Waals surface area contributed by atoms with Crippen molar-refractivity contribution in [3.05, 3.63) is 59.7 Å². The summed E-state index contributed by atoms with van der Waals surface area (Å²) in [5.74, 6) is 1.43. The molecule has 2 aromatic carbocycles. The minimum atomic E-state index is -0.566. The minimum absolute atomic E-state index is 0.300. The summed E-state index contributed by atoms with van der Waals surface area (Å²) in [6, 6.07) is 16.0. The summed E-state index contributed by atoms with van der Waals surface area (Å²) in [5.41, 5.74) is 2.22. The van der Waals surface area contributed by atoms with Gasteiger partial charge in [0, 0.05) is 39.3 Å². The third kappa shape index (κ3) is 8.07. The summed E-state index contributed by atoms with van der Waals surface area (Å²) in [6.07, 6.45) is -0.566. The Morgan fingerprint density at radius 3 is 2.47 bits per heavy atom. The molecule has 3 rings (SSSR count).